The molecule has 0 radical (unpaired) electrons. The Labute approximate surface area is 151 Å². The van der Waals surface area contributed by atoms with Gasteiger partial charge < -0.3 is 0 Å². The van der Waals surface area contributed by atoms with E-state index in [1.54, 1.807) is 0 Å². The Morgan fingerprint density at radius 2 is 1.52 bits per heavy atom. The first-order valence-electron chi connectivity index (χ1n) is 8.95. The minimum atomic E-state index is 0.270. The molecule has 0 aliphatic rings. The number of pyridine rings is 1. The average molecular weight is 329 g/mol. The maximum atomic E-state index is 4.70. The third kappa shape index (κ3) is 4.17. The molecule has 0 aliphatic carbocycles. The van der Waals surface area contributed by atoms with Crippen molar-refractivity contribution in [2.24, 2.45) is 5.41 Å². The molecule has 0 aliphatic heterocycles. The minimum absolute atomic E-state index is 0.270. The maximum absolute atomic E-state index is 4.70. The molecule has 25 heavy (non-hydrogen) atoms. The Kier molecular flexibility index (Phi) is 4.76. The van der Waals surface area contributed by atoms with Crippen molar-refractivity contribution in [2.75, 3.05) is 0 Å². The van der Waals surface area contributed by atoms with E-state index >= 15 is 0 Å². The second-order valence-corrected chi connectivity index (χ2v) is 8.13. The molecule has 0 saturated carbocycles. The third-order valence-corrected chi connectivity index (χ3v) is 4.55. The number of nitrogens with zero attached hydrogens (tertiary/aromatic N) is 1. The van der Waals surface area contributed by atoms with Crippen molar-refractivity contribution in [2.45, 2.75) is 41.0 Å². The molecule has 0 saturated heterocycles. The number of aromatic nitrogens is 1. The van der Waals surface area contributed by atoms with Crippen LogP contribution in [0, 0.1) is 19.3 Å². The zero-order valence-corrected chi connectivity index (χ0v) is 15.9. The van der Waals surface area contributed by atoms with Gasteiger partial charge in [0.15, 0.2) is 0 Å². The molecule has 0 spiro atoms. The van der Waals surface area contributed by atoms with Crippen molar-refractivity contribution in [3.8, 4) is 22.4 Å². The van der Waals surface area contributed by atoms with E-state index in [1.165, 1.54) is 33.4 Å². The molecule has 1 heterocycles. The van der Waals surface area contributed by atoms with E-state index in [9.17, 15) is 0 Å². The van der Waals surface area contributed by atoms with Crippen molar-refractivity contribution in [1.82, 2.24) is 4.98 Å². The second-order valence-electron chi connectivity index (χ2n) is 8.13. The average Bonchev–Trinajstić information content (AvgIpc) is 2.56. The van der Waals surface area contributed by atoms with Gasteiger partial charge in [-0.3, -0.25) is 4.98 Å². The Morgan fingerprint density at radius 3 is 2.24 bits per heavy atom. The van der Waals surface area contributed by atoms with Crippen LogP contribution >= 0.6 is 0 Å². The van der Waals surface area contributed by atoms with Crippen LogP contribution in [0.4, 0.5) is 0 Å². The molecule has 3 aromatic rings. The fraction of sp³-hybridized carbons (Fsp3) is 0.292. The summed E-state index contributed by atoms with van der Waals surface area (Å²) >= 11 is 0. The smallest absolute Gasteiger partial charge is 0.0705 e. The van der Waals surface area contributed by atoms with Crippen molar-refractivity contribution in [3.63, 3.8) is 0 Å². The summed E-state index contributed by atoms with van der Waals surface area (Å²) < 4.78 is 0. The highest BCUT2D eigenvalue weighted by Crippen LogP contribution is 2.29. The Morgan fingerprint density at radius 1 is 0.800 bits per heavy atom. The molecular weight excluding hydrogens is 302 g/mol. The van der Waals surface area contributed by atoms with Crippen molar-refractivity contribution in [1.29, 1.82) is 0 Å². The van der Waals surface area contributed by atoms with Gasteiger partial charge in [0.1, 0.15) is 0 Å². The van der Waals surface area contributed by atoms with Gasteiger partial charge in [0.25, 0.3) is 0 Å². The van der Waals surface area contributed by atoms with Crippen molar-refractivity contribution >= 4 is 0 Å². The predicted octanol–water partition coefficient (Wildman–Crippen LogP) is 6.62. The summed E-state index contributed by atoms with van der Waals surface area (Å²) in [7, 11) is 0. The lowest BCUT2D eigenvalue weighted by Crippen LogP contribution is -2.10. The van der Waals surface area contributed by atoms with Gasteiger partial charge in [-0.2, -0.15) is 0 Å². The van der Waals surface area contributed by atoms with Crippen LogP contribution in [0.2, 0.25) is 0 Å². The summed E-state index contributed by atoms with van der Waals surface area (Å²) in [4.78, 5) is 4.70. The summed E-state index contributed by atoms with van der Waals surface area (Å²) in [5.74, 6) is 0. The highest BCUT2D eigenvalue weighted by atomic mass is 14.7. The zero-order valence-electron chi connectivity index (χ0n) is 15.9. The fourth-order valence-electron chi connectivity index (χ4n) is 3.23. The van der Waals surface area contributed by atoms with Crippen molar-refractivity contribution in [3.05, 3.63) is 77.5 Å². The van der Waals surface area contributed by atoms with Crippen LogP contribution < -0.4 is 0 Å². The Hall–Kier alpha value is -2.41. The highest BCUT2D eigenvalue weighted by molar-refractivity contribution is 5.73. The minimum Gasteiger partial charge on any atom is -0.256 e. The SMILES string of the molecule is Cc1cnc(-c2cccc(-c3ccccc3C)c2)cc1CC(C)(C)C. The molecule has 128 valence electrons. The van der Waals surface area contributed by atoms with Crippen LogP contribution in [-0.4, -0.2) is 4.98 Å². The molecule has 0 atom stereocenters. The van der Waals surface area contributed by atoms with E-state index in [4.69, 9.17) is 4.98 Å². The van der Waals surface area contributed by atoms with E-state index in [1.807, 2.05) is 6.20 Å². The van der Waals surface area contributed by atoms with Crippen LogP contribution in [0.5, 0.6) is 0 Å². The van der Waals surface area contributed by atoms with E-state index in [0.717, 1.165) is 12.1 Å². The number of hydrogen-bond acceptors (Lipinski definition) is 1. The van der Waals surface area contributed by atoms with Crippen molar-refractivity contribution < 1.29 is 0 Å². The van der Waals surface area contributed by atoms with E-state index in [2.05, 4.69) is 89.2 Å². The molecule has 1 nitrogen and oxygen atoms in total. The molecule has 0 unspecified atom stereocenters. The van der Waals surface area contributed by atoms with Crippen LogP contribution in [0.3, 0.4) is 0 Å². The normalized spacial score (nSPS) is 11.6. The molecule has 3 rings (SSSR count). The largest absolute Gasteiger partial charge is 0.256 e. The van der Waals surface area contributed by atoms with Crippen LogP contribution in [-0.2, 0) is 6.42 Å². The molecule has 2 aromatic carbocycles. The first-order valence-corrected chi connectivity index (χ1v) is 8.95. The topological polar surface area (TPSA) is 12.9 Å². The molecule has 1 heteroatoms. The van der Waals surface area contributed by atoms with Gasteiger partial charge in [0.2, 0.25) is 0 Å². The van der Waals surface area contributed by atoms with Crippen LogP contribution in [0.1, 0.15) is 37.5 Å². The molecular formula is C24H27N. The fourth-order valence-corrected chi connectivity index (χ4v) is 3.23. The molecule has 0 amide bonds. The summed E-state index contributed by atoms with van der Waals surface area (Å²) in [6, 6.07) is 19.5. The van der Waals surface area contributed by atoms with E-state index in [0.29, 0.717) is 0 Å². The number of rotatable bonds is 3. The summed E-state index contributed by atoms with van der Waals surface area (Å²) in [5.41, 5.74) is 8.99. The molecule has 1 aromatic heterocycles. The number of benzene rings is 2. The van der Waals surface area contributed by atoms with E-state index in [-0.39, 0.29) is 5.41 Å². The number of aryl methyl sites for hydroxylation is 2. The standard InChI is InChI=1S/C24H27N/c1-17-9-6-7-12-22(17)19-10-8-11-20(13-19)23-14-21(15-24(3,4)5)18(2)16-25-23/h6-14,16H,15H2,1-5H3. The maximum Gasteiger partial charge on any atom is 0.0705 e. The molecule has 0 N–H and O–H groups in total. The predicted molar refractivity (Wildman–Crippen MR) is 108 cm³/mol. The van der Waals surface area contributed by atoms with Gasteiger partial charge in [0, 0.05) is 11.8 Å². The van der Waals surface area contributed by atoms with E-state index < -0.39 is 0 Å². The van der Waals surface area contributed by atoms with Crippen LogP contribution in [0.25, 0.3) is 22.4 Å². The van der Waals surface area contributed by atoms with Gasteiger partial charge in [-0.15, -0.1) is 0 Å². The highest BCUT2D eigenvalue weighted by Gasteiger charge is 2.14. The van der Waals surface area contributed by atoms with Crippen LogP contribution in [0.15, 0.2) is 60.8 Å². The van der Waals surface area contributed by atoms with Gasteiger partial charge in [0.05, 0.1) is 5.69 Å². The first kappa shape index (κ1) is 17.4. The lowest BCUT2D eigenvalue weighted by Gasteiger charge is -2.20. The van der Waals surface area contributed by atoms with Gasteiger partial charge >= 0.3 is 0 Å². The summed E-state index contributed by atoms with van der Waals surface area (Å²) in [5, 5.41) is 0. The van der Waals surface area contributed by atoms with Gasteiger partial charge in [-0.25, -0.2) is 0 Å². The lowest BCUT2D eigenvalue weighted by molar-refractivity contribution is 0.410. The van der Waals surface area contributed by atoms with Gasteiger partial charge in [-0.1, -0.05) is 63.2 Å². The first-order chi connectivity index (χ1) is 11.8. The van der Waals surface area contributed by atoms with Gasteiger partial charge in [-0.05, 0) is 65.6 Å². The Balaban J connectivity index is 2.02. The third-order valence-electron chi connectivity index (χ3n) is 4.55. The second kappa shape index (κ2) is 6.84. The molecule has 0 bridgehead atoms. The summed E-state index contributed by atoms with van der Waals surface area (Å²) in [6.07, 6.45) is 3.07. The lowest BCUT2D eigenvalue weighted by atomic mass is 9.86. The zero-order chi connectivity index (χ0) is 18.0. The monoisotopic (exact) mass is 329 g/mol. The Bertz CT molecular complexity index is 885. The summed E-state index contributed by atoms with van der Waals surface area (Å²) in [6.45, 7) is 11.2. The molecule has 0 fully saturated rings. The quantitative estimate of drug-likeness (QED) is 0.526. The number of hydrogen-bond donors (Lipinski definition) is 0.